The summed E-state index contributed by atoms with van der Waals surface area (Å²) >= 11 is 0. The molecule has 0 saturated heterocycles. The van der Waals surface area contributed by atoms with Crippen LogP contribution in [-0.2, 0) is 10.0 Å². The maximum Gasteiger partial charge on any atom is 0.253 e. The third-order valence-electron chi connectivity index (χ3n) is 4.59. The highest BCUT2D eigenvalue weighted by molar-refractivity contribution is 7.89. The fraction of sp³-hybridized carbons (Fsp3) is 0.526. The molecule has 0 bridgehead atoms. The number of nitrogens with one attached hydrogen (secondary N) is 1. The van der Waals surface area contributed by atoms with Crippen molar-refractivity contribution >= 4 is 15.9 Å². The SMILES string of the molecule is CCN(CC)C(=O)c1ccc(S(=O)(=O)NCCC2=CCCCC2)cc1. The van der Waals surface area contributed by atoms with E-state index in [4.69, 9.17) is 0 Å². The third kappa shape index (κ3) is 5.41. The highest BCUT2D eigenvalue weighted by Gasteiger charge is 2.17. The van der Waals surface area contributed by atoms with Crippen LogP contribution in [0.2, 0.25) is 0 Å². The van der Waals surface area contributed by atoms with E-state index < -0.39 is 10.0 Å². The summed E-state index contributed by atoms with van der Waals surface area (Å²) in [4.78, 5) is 14.2. The highest BCUT2D eigenvalue weighted by atomic mass is 32.2. The molecule has 0 fully saturated rings. The van der Waals surface area contributed by atoms with Gasteiger partial charge in [-0.3, -0.25) is 4.79 Å². The second-order valence-corrected chi connectivity index (χ2v) is 8.02. The predicted molar refractivity (Wildman–Crippen MR) is 100 cm³/mol. The van der Waals surface area contributed by atoms with Crippen LogP contribution in [0.1, 0.15) is 56.3 Å². The summed E-state index contributed by atoms with van der Waals surface area (Å²) in [5.41, 5.74) is 1.85. The van der Waals surface area contributed by atoms with Crippen molar-refractivity contribution in [2.75, 3.05) is 19.6 Å². The van der Waals surface area contributed by atoms with Crippen molar-refractivity contribution in [1.29, 1.82) is 0 Å². The smallest absolute Gasteiger partial charge is 0.253 e. The molecule has 0 spiro atoms. The fourth-order valence-corrected chi connectivity index (χ4v) is 4.06. The molecule has 0 aromatic heterocycles. The zero-order valence-electron chi connectivity index (χ0n) is 15.1. The number of sulfonamides is 1. The monoisotopic (exact) mass is 364 g/mol. The number of rotatable bonds is 8. The summed E-state index contributed by atoms with van der Waals surface area (Å²) in [6, 6.07) is 6.16. The molecular formula is C19H28N2O3S. The summed E-state index contributed by atoms with van der Waals surface area (Å²) < 4.78 is 27.4. The van der Waals surface area contributed by atoms with Gasteiger partial charge >= 0.3 is 0 Å². The number of hydrogen-bond donors (Lipinski definition) is 1. The number of hydrogen-bond acceptors (Lipinski definition) is 3. The van der Waals surface area contributed by atoms with Crippen molar-refractivity contribution in [2.45, 2.75) is 50.8 Å². The van der Waals surface area contributed by atoms with E-state index in [9.17, 15) is 13.2 Å². The van der Waals surface area contributed by atoms with E-state index >= 15 is 0 Å². The molecule has 0 aliphatic heterocycles. The lowest BCUT2D eigenvalue weighted by Crippen LogP contribution is -2.30. The Balaban J connectivity index is 1.97. The van der Waals surface area contributed by atoms with E-state index in [0.717, 1.165) is 19.3 Å². The van der Waals surface area contributed by atoms with Gasteiger partial charge in [-0.1, -0.05) is 11.6 Å². The molecule has 0 saturated carbocycles. The van der Waals surface area contributed by atoms with E-state index in [2.05, 4.69) is 10.8 Å². The Kier molecular flexibility index (Phi) is 7.20. The number of amides is 1. The molecule has 2 rings (SSSR count). The highest BCUT2D eigenvalue weighted by Crippen LogP contribution is 2.20. The first-order valence-electron chi connectivity index (χ1n) is 9.04. The molecule has 25 heavy (non-hydrogen) atoms. The van der Waals surface area contributed by atoms with Crippen molar-refractivity contribution < 1.29 is 13.2 Å². The average molecular weight is 365 g/mol. The summed E-state index contributed by atoms with van der Waals surface area (Å²) in [5, 5.41) is 0. The zero-order valence-corrected chi connectivity index (χ0v) is 15.9. The Morgan fingerprint density at radius 3 is 2.36 bits per heavy atom. The van der Waals surface area contributed by atoms with Crippen molar-refractivity contribution in [1.82, 2.24) is 9.62 Å². The second-order valence-electron chi connectivity index (χ2n) is 6.26. The van der Waals surface area contributed by atoms with Crippen LogP contribution in [0.15, 0.2) is 40.8 Å². The Morgan fingerprint density at radius 1 is 1.12 bits per heavy atom. The first-order chi connectivity index (χ1) is 12.0. The van der Waals surface area contributed by atoms with Gasteiger partial charge in [-0.2, -0.15) is 0 Å². The van der Waals surface area contributed by atoms with Crippen LogP contribution < -0.4 is 4.72 Å². The minimum absolute atomic E-state index is 0.0776. The van der Waals surface area contributed by atoms with Gasteiger partial charge < -0.3 is 4.90 Å². The zero-order chi connectivity index (χ0) is 18.3. The lowest BCUT2D eigenvalue weighted by atomic mass is 9.97. The van der Waals surface area contributed by atoms with Gasteiger partial charge in [0.15, 0.2) is 0 Å². The summed E-state index contributed by atoms with van der Waals surface area (Å²) in [6.07, 6.45) is 7.59. The fourth-order valence-electron chi connectivity index (χ4n) is 3.03. The van der Waals surface area contributed by atoms with Gasteiger partial charge in [0.05, 0.1) is 4.90 Å². The molecule has 0 unspecified atom stereocenters. The largest absolute Gasteiger partial charge is 0.339 e. The lowest BCUT2D eigenvalue weighted by Gasteiger charge is -2.18. The Labute approximate surface area is 151 Å². The molecule has 5 nitrogen and oxygen atoms in total. The summed E-state index contributed by atoms with van der Waals surface area (Å²) in [5.74, 6) is -0.0776. The quantitative estimate of drug-likeness (QED) is 0.720. The molecule has 0 heterocycles. The van der Waals surface area contributed by atoms with E-state index in [-0.39, 0.29) is 10.8 Å². The van der Waals surface area contributed by atoms with Gasteiger partial charge in [-0.05, 0) is 70.2 Å². The molecule has 1 aliphatic carbocycles. The minimum atomic E-state index is -3.54. The van der Waals surface area contributed by atoms with Gasteiger partial charge in [0.1, 0.15) is 0 Å². The second kappa shape index (κ2) is 9.15. The van der Waals surface area contributed by atoms with Crippen LogP contribution >= 0.6 is 0 Å². The molecule has 1 amide bonds. The van der Waals surface area contributed by atoms with Crippen molar-refractivity contribution in [3.05, 3.63) is 41.5 Å². The number of nitrogens with zero attached hydrogens (tertiary/aromatic N) is 1. The van der Waals surface area contributed by atoms with Gasteiger partial charge in [0.25, 0.3) is 5.91 Å². The maximum absolute atomic E-state index is 12.4. The standard InChI is InChI=1S/C19H28N2O3S/c1-3-21(4-2)19(22)17-10-12-18(13-11-17)25(23,24)20-15-14-16-8-6-5-7-9-16/h8,10-13,20H,3-7,9,14-15H2,1-2H3. The van der Waals surface area contributed by atoms with Crippen LogP contribution in [0.5, 0.6) is 0 Å². The molecule has 0 radical (unpaired) electrons. The van der Waals surface area contributed by atoms with Crippen LogP contribution in [0.4, 0.5) is 0 Å². The molecule has 1 aliphatic rings. The topological polar surface area (TPSA) is 66.5 Å². The number of carbonyl (C=O) groups excluding carboxylic acids is 1. The molecular weight excluding hydrogens is 336 g/mol. The van der Waals surface area contributed by atoms with Crippen molar-refractivity contribution in [3.63, 3.8) is 0 Å². The normalized spacial score (nSPS) is 14.9. The molecule has 1 N–H and O–H groups in total. The summed E-state index contributed by atoms with van der Waals surface area (Å²) in [6.45, 7) is 5.52. The average Bonchev–Trinajstić information content (AvgIpc) is 2.63. The number of carbonyl (C=O) groups is 1. The maximum atomic E-state index is 12.4. The first kappa shape index (κ1) is 19.7. The van der Waals surface area contributed by atoms with E-state index in [0.29, 0.717) is 25.2 Å². The van der Waals surface area contributed by atoms with Crippen LogP contribution in [-0.4, -0.2) is 38.9 Å². The number of allylic oxidation sites excluding steroid dienone is 1. The van der Waals surface area contributed by atoms with Gasteiger partial charge in [0, 0.05) is 25.2 Å². The van der Waals surface area contributed by atoms with E-state index in [1.165, 1.54) is 30.5 Å². The van der Waals surface area contributed by atoms with Crippen LogP contribution in [0.25, 0.3) is 0 Å². The lowest BCUT2D eigenvalue weighted by molar-refractivity contribution is 0.0773. The van der Waals surface area contributed by atoms with Crippen molar-refractivity contribution in [2.24, 2.45) is 0 Å². The molecule has 0 atom stereocenters. The Morgan fingerprint density at radius 2 is 1.80 bits per heavy atom. The van der Waals surface area contributed by atoms with E-state index in [1.807, 2.05) is 13.8 Å². The van der Waals surface area contributed by atoms with Crippen molar-refractivity contribution in [3.8, 4) is 0 Å². The third-order valence-corrected chi connectivity index (χ3v) is 6.06. The van der Waals surface area contributed by atoms with Gasteiger partial charge in [-0.15, -0.1) is 0 Å². The molecule has 1 aromatic carbocycles. The van der Waals surface area contributed by atoms with Crippen LogP contribution in [0.3, 0.4) is 0 Å². The Bertz CT molecular complexity index is 705. The first-order valence-corrected chi connectivity index (χ1v) is 10.5. The molecule has 6 heteroatoms. The number of benzene rings is 1. The van der Waals surface area contributed by atoms with E-state index in [1.54, 1.807) is 17.0 Å². The van der Waals surface area contributed by atoms with Gasteiger partial charge in [-0.25, -0.2) is 13.1 Å². The predicted octanol–water partition coefficient (Wildman–Crippen LogP) is 3.34. The summed E-state index contributed by atoms with van der Waals surface area (Å²) in [7, 11) is -3.54. The molecule has 1 aromatic rings. The van der Waals surface area contributed by atoms with Gasteiger partial charge in [0.2, 0.25) is 10.0 Å². The Hall–Kier alpha value is -1.66. The molecule has 138 valence electrons. The minimum Gasteiger partial charge on any atom is -0.339 e. The van der Waals surface area contributed by atoms with Crippen LogP contribution in [0, 0.1) is 0 Å².